The van der Waals surface area contributed by atoms with E-state index in [0.717, 1.165) is 10.3 Å². The molecular weight excluding hydrogens is 723 g/mol. The second kappa shape index (κ2) is 14.0. The average molecular weight is 768 g/mol. The van der Waals surface area contributed by atoms with Crippen molar-refractivity contribution in [3.8, 4) is 11.6 Å². The topological polar surface area (TPSA) is 182 Å². The number of rotatable bonds is 12. The van der Waals surface area contributed by atoms with Crippen LogP contribution in [0.2, 0.25) is 0 Å². The van der Waals surface area contributed by atoms with Crippen molar-refractivity contribution in [1.29, 1.82) is 0 Å². The van der Waals surface area contributed by atoms with E-state index in [2.05, 4.69) is 31.7 Å². The van der Waals surface area contributed by atoms with Crippen LogP contribution in [0.5, 0.6) is 11.6 Å². The van der Waals surface area contributed by atoms with Crippen LogP contribution in [0.25, 0.3) is 10.8 Å². The number of carbonyl (C=O) groups excluding carboxylic acids is 4. The Hall–Kier alpha value is -4.61. The first-order valence-corrected chi connectivity index (χ1v) is 18.5. The van der Waals surface area contributed by atoms with Crippen LogP contribution in [-0.4, -0.2) is 96.5 Å². The molecular formula is C35H44F3N5O9S. The minimum atomic E-state index is -4.92. The Morgan fingerprint density at radius 1 is 1.09 bits per heavy atom. The normalized spacial score (nSPS) is 23.8. The van der Waals surface area contributed by atoms with E-state index in [1.54, 1.807) is 45.0 Å². The van der Waals surface area contributed by atoms with Crippen molar-refractivity contribution in [3.63, 3.8) is 0 Å². The fourth-order valence-electron chi connectivity index (χ4n) is 6.15. The van der Waals surface area contributed by atoms with Crippen LogP contribution < -0.4 is 24.8 Å². The number of ether oxygens (including phenoxy) is 3. The summed E-state index contributed by atoms with van der Waals surface area (Å²) in [5.74, 6) is -2.45. The molecule has 2 heterocycles. The number of benzene rings is 1. The van der Waals surface area contributed by atoms with Gasteiger partial charge in [0.15, 0.2) is 0 Å². The summed E-state index contributed by atoms with van der Waals surface area (Å²) in [6.07, 6.45) is -3.66. The van der Waals surface area contributed by atoms with Crippen molar-refractivity contribution < 1.29 is 55.0 Å². The number of methoxy groups -OCH3 is 1. The highest BCUT2D eigenvalue weighted by Crippen LogP contribution is 2.46. The summed E-state index contributed by atoms with van der Waals surface area (Å²) < 4.78 is 84.2. The molecule has 0 spiro atoms. The SMILES string of the molecule is C=C[C@H]1C[C@@]1(NC(=O)[C@H]1C[C@@H](Oc2nccc3cc(OC)ccc23)CN1C(=O)[C@@H](NC(=O)OC(C)(C)C(F)(F)F)C(C)(C)C)C(=O)NS(=O)(=O)C1CC1. The van der Waals surface area contributed by atoms with E-state index in [9.17, 15) is 40.8 Å². The van der Waals surface area contributed by atoms with Crippen molar-refractivity contribution in [3.05, 3.63) is 43.1 Å². The van der Waals surface area contributed by atoms with E-state index in [1.165, 1.54) is 19.4 Å². The first kappa shape index (κ1) is 39.6. The number of amides is 4. The fourth-order valence-corrected chi connectivity index (χ4v) is 7.52. The van der Waals surface area contributed by atoms with Crippen LogP contribution in [0.1, 0.15) is 60.3 Å². The molecule has 2 aromatic rings. The number of pyridine rings is 1. The van der Waals surface area contributed by atoms with Gasteiger partial charge in [-0.25, -0.2) is 18.2 Å². The first-order chi connectivity index (χ1) is 24.5. The lowest BCUT2D eigenvalue weighted by molar-refractivity contribution is -0.244. The lowest BCUT2D eigenvalue weighted by atomic mass is 9.85. The smallest absolute Gasteiger partial charge is 0.427 e. The summed E-state index contributed by atoms with van der Waals surface area (Å²) in [4.78, 5) is 60.3. The summed E-state index contributed by atoms with van der Waals surface area (Å²) in [5.41, 5.74) is -5.67. The maximum Gasteiger partial charge on any atom is 0.427 e. The van der Waals surface area contributed by atoms with E-state index in [0.29, 0.717) is 37.8 Å². The molecule has 0 unspecified atom stereocenters. The summed E-state index contributed by atoms with van der Waals surface area (Å²) in [6, 6.07) is 4.10. The molecule has 53 heavy (non-hydrogen) atoms. The third-order valence-corrected chi connectivity index (χ3v) is 11.5. The van der Waals surface area contributed by atoms with Gasteiger partial charge in [0.2, 0.25) is 33.3 Å². The molecule has 5 rings (SSSR count). The van der Waals surface area contributed by atoms with Gasteiger partial charge in [-0.05, 0) is 68.2 Å². The molecule has 3 N–H and O–H groups in total. The molecule has 1 aliphatic heterocycles. The molecule has 3 aliphatic rings. The van der Waals surface area contributed by atoms with Gasteiger partial charge in [-0.1, -0.05) is 26.8 Å². The number of alkyl carbamates (subject to hydrolysis) is 1. The lowest BCUT2D eigenvalue weighted by Crippen LogP contribution is -2.60. The third-order valence-electron chi connectivity index (χ3n) is 9.72. The van der Waals surface area contributed by atoms with Gasteiger partial charge in [-0.2, -0.15) is 13.2 Å². The molecule has 5 atom stereocenters. The Bertz CT molecular complexity index is 1910. The lowest BCUT2D eigenvalue weighted by Gasteiger charge is -2.36. The van der Waals surface area contributed by atoms with Crippen molar-refractivity contribution in [1.82, 2.24) is 25.2 Å². The highest BCUT2D eigenvalue weighted by atomic mass is 32.2. The van der Waals surface area contributed by atoms with Crippen LogP contribution in [0.15, 0.2) is 43.1 Å². The Kier molecular flexibility index (Phi) is 10.4. The van der Waals surface area contributed by atoms with Crippen molar-refractivity contribution in [2.24, 2.45) is 11.3 Å². The van der Waals surface area contributed by atoms with Gasteiger partial charge < -0.3 is 29.7 Å². The number of sulfonamides is 1. The van der Waals surface area contributed by atoms with Crippen molar-refractivity contribution in [2.45, 2.75) is 101 Å². The standard InChI is InChI=1S/C35H44F3N5O9S/c1-8-20-17-34(20,30(46)42-53(48,49)23-10-11-23)41-27(44)25-16-22(51-28-24-12-9-21(50-7)15-19(24)13-14-39-28)18-43(25)29(45)26(32(2,3)4)40-31(47)52-33(5,6)35(36,37)38/h8-9,12-15,20,22-23,25-26H,1,10-11,16-18H2,2-7H3,(H,40,47)(H,41,44)(H,42,46)/t20-,22+,25+,26+,34-/m0/s1. The van der Waals surface area contributed by atoms with Crippen LogP contribution in [0, 0.1) is 11.3 Å². The average Bonchev–Trinajstić information content (AvgIpc) is 3.98. The highest BCUT2D eigenvalue weighted by Gasteiger charge is 2.62. The number of likely N-dealkylation sites (tertiary alicyclic amines) is 1. The number of hydrogen-bond donors (Lipinski definition) is 3. The number of halogens is 3. The summed E-state index contributed by atoms with van der Waals surface area (Å²) in [6.45, 7) is 9.49. The Balaban J connectivity index is 1.45. The van der Waals surface area contributed by atoms with E-state index in [4.69, 9.17) is 9.47 Å². The number of nitrogens with zero attached hydrogens (tertiary/aromatic N) is 2. The molecule has 1 saturated heterocycles. The van der Waals surface area contributed by atoms with Crippen molar-refractivity contribution >= 4 is 44.6 Å². The van der Waals surface area contributed by atoms with Crippen molar-refractivity contribution in [2.75, 3.05) is 13.7 Å². The number of fused-ring (bicyclic) bond motifs is 1. The Morgan fingerprint density at radius 2 is 1.77 bits per heavy atom. The Labute approximate surface area is 305 Å². The molecule has 0 bridgehead atoms. The van der Waals surface area contributed by atoms with Gasteiger partial charge in [-0.3, -0.25) is 19.1 Å². The van der Waals surface area contributed by atoms with E-state index in [1.807, 2.05) is 0 Å². The van der Waals surface area contributed by atoms with Crippen LogP contribution in [0.3, 0.4) is 0 Å². The number of alkyl halides is 3. The van der Waals surface area contributed by atoms with Gasteiger partial charge in [-0.15, -0.1) is 6.58 Å². The zero-order chi connectivity index (χ0) is 39.3. The van der Waals surface area contributed by atoms with E-state index < -0.39 is 85.9 Å². The van der Waals surface area contributed by atoms with Gasteiger partial charge in [0.25, 0.3) is 5.91 Å². The van der Waals surface area contributed by atoms with Gasteiger partial charge >= 0.3 is 12.3 Å². The number of carbonyl (C=O) groups is 4. The van der Waals surface area contributed by atoms with E-state index >= 15 is 0 Å². The molecule has 1 aromatic heterocycles. The van der Waals surface area contributed by atoms with Crippen LogP contribution in [-0.2, 0) is 29.1 Å². The quantitative estimate of drug-likeness (QED) is 0.269. The molecule has 2 saturated carbocycles. The molecule has 4 amide bonds. The molecule has 1 aromatic carbocycles. The zero-order valence-corrected chi connectivity index (χ0v) is 31.0. The monoisotopic (exact) mass is 767 g/mol. The second-order valence-electron chi connectivity index (χ2n) is 15.2. The van der Waals surface area contributed by atoms with Crippen LogP contribution >= 0.6 is 0 Å². The summed E-state index contributed by atoms with van der Waals surface area (Å²) in [5, 5.41) is 5.55. The molecule has 18 heteroatoms. The largest absolute Gasteiger partial charge is 0.497 e. The molecule has 290 valence electrons. The third kappa shape index (κ3) is 8.31. The Morgan fingerprint density at radius 3 is 2.34 bits per heavy atom. The molecule has 3 fully saturated rings. The van der Waals surface area contributed by atoms with Gasteiger partial charge in [0, 0.05) is 23.9 Å². The maximum absolute atomic E-state index is 14.4. The first-order valence-electron chi connectivity index (χ1n) is 17.0. The van der Waals surface area contributed by atoms with Gasteiger partial charge in [0.1, 0.15) is 29.5 Å². The zero-order valence-electron chi connectivity index (χ0n) is 30.2. The minimum absolute atomic E-state index is 0.0469. The van der Waals surface area contributed by atoms with Crippen LogP contribution in [0.4, 0.5) is 18.0 Å². The molecule has 0 radical (unpaired) electrons. The number of aromatic nitrogens is 1. The fraction of sp³-hybridized carbons (Fsp3) is 0.571. The summed E-state index contributed by atoms with van der Waals surface area (Å²) >= 11 is 0. The second-order valence-corrected chi connectivity index (χ2v) is 17.2. The summed E-state index contributed by atoms with van der Waals surface area (Å²) in [7, 11) is -2.46. The number of nitrogens with one attached hydrogen (secondary N) is 3. The predicted molar refractivity (Wildman–Crippen MR) is 185 cm³/mol. The van der Waals surface area contributed by atoms with E-state index in [-0.39, 0.29) is 25.3 Å². The molecule has 2 aliphatic carbocycles. The van der Waals surface area contributed by atoms with Gasteiger partial charge in [0.05, 0.1) is 18.9 Å². The minimum Gasteiger partial charge on any atom is -0.497 e. The highest BCUT2D eigenvalue weighted by molar-refractivity contribution is 7.91. The number of hydrogen-bond acceptors (Lipinski definition) is 10. The maximum atomic E-state index is 14.4. The predicted octanol–water partition coefficient (Wildman–Crippen LogP) is 3.74. The molecule has 14 nitrogen and oxygen atoms in total.